The third-order valence-corrected chi connectivity index (χ3v) is 4.44. The Morgan fingerprint density at radius 2 is 1.52 bits per heavy atom. The van der Waals surface area contributed by atoms with Gasteiger partial charge in [0, 0.05) is 25.2 Å². The Morgan fingerprint density at radius 1 is 0.926 bits per heavy atom. The normalized spacial score (nSPS) is 13.9. The Morgan fingerprint density at radius 3 is 2.11 bits per heavy atom. The van der Waals surface area contributed by atoms with Gasteiger partial charge in [-0.1, -0.05) is 12.1 Å². The summed E-state index contributed by atoms with van der Waals surface area (Å²) in [6.45, 7) is 1.77. The van der Waals surface area contributed by atoms with Gasteiger partial charge in [0.25, 0.3) is 17.3 Å². The number of piperidine rings is 1. The van der Waals surface area contributed by atoms with Crippen LogP contribution in [0.15, 0.2) is 42.5 Å². The van der Waals surface area contributed by atoms with Crippen LogP contribution in [0, 0.1) is 20.2 Å². The Bertz CT molecular complexity index is 861. The van der Waals surface area contributed by atoms with Gasteiger partial charge >= 0.3 is 0 Å². The molecule has 0 radical (unpaired) electrons. The maximum atomic E-state index is 12.6. The van der Waals surface area contributed by atoms with E-state index >= 15 is 0 Å². The summed E-state index contributed by atoms with van der Waals surface area (Å²) in [6, 6.07) is 10.2. The monoisotopic (exact) mass is 370 g/mol. The fraction of sp³-hybridized carbons (Fsp3) is 0.278. The van der Waals surface area contributed by atoms with Crippen molar-refractivity contribution in [2.24, 2.45) is 0 Å². The summed E-state index contributed by atoms with van der Waals surface area (Å²) in [4.78, 5) is 35.3. The van der Waals surface area contributed by atoms with Gasteiger partial charge in [0.15, 0.2) is 0 Å². The maximum absolute atomic E-state index is 12.6. The van der Waals surface area contributed by atoms with Crippen LogP contribution in [-0.2, 0) is 0 Å². The zero-order valence-electron chi connectivity index (χ0n) is 14.5. The van der Waals surface area contributed by atoms with Crippen LogP contribution in [0.2, 0.25) is 0 Å². The number of anilines is 2. The Kier molecular flexibility index (Phi) is 5.30. The molecule has 140 valence electrons. The van der Waals surface area contributed by atoms with E-state index in [0.717, 1.165) is 49.8 Å². The number of benzene rings is 2. The van der Waals surface area contributed by atoms with Gasteiger partial charge in [-0.3, -0.25) is 25.0 Å². The zero-order valence-corrected chi connectivity index (χ0v) is 14.5. The molecule has 1 saturated heterocycles. The highest BCUT2D eigenvalue weighted by atomic mass is 16.6. The topological polar surface area (TPSA) is 119 Å². The smallest absolute Gasteiger partial charge is 0.277 e. The Labute approximate surface area is 154 Å². The van der Waals surface area contributed by atoms with Gasteiger partial charge < -0.3 is 10.2 Å². The predicted molar refractivity (Wildman–Crippen MR) is 100 cm³/mol. The highest BCUT2D eigenvalue weighted by Gasteiger charge is 2.21. The predicted octanol–water partition coefficient (Wildman–Crippen LogP) is 3.75. The lowest BCUT2D eigenvalue weighted by Gasteiger charge is -2.30. The van der Waals surface area contributed by atoms with Crippen LogP contribution < -0.4 is 10.2 Å². The molecule has 0 atom stereocenters. The molecule has 0 saturated carbocycles. The molecular weight excluding hydrogens is 352 g/mol. The highest BCUT2D eigenvalue weighted by Crippen LogP contribution is 2.29. The van der Waals surface area contributed by atoms with Crippen molar-refractivity contribution >= 4 is 28.7 Å². The lowest BCUT2D eigenvalue weighted by molar-refractivity contribution is -0.394. The lowest BCUT2D eigenvalue weighted by Crippen LogP contribution is -2.30. The number of carbonyl (C=O) groups is 1. The van der Waals surface area contributed by atoms with Crippen LogP contribution in [-0.4, -0.2) is 28.8 Å². The van der Waals surface area contributed by atoms with Crippen molar-refractivity contribution in [2.45, 2.75) is 19.3 Å². The summed E-state index contributed by atoms with van der Waals surface area (Å²) in [5.41, 5.74) is 0.297. The lowest BCUT2D eigenvalue weighted by atomic mass is 10.1. The van der Waals surface area contributed by atoms with Crippen LogP contribution in [0.5, 0.6) is 0 Å². The van der Waals surface area contributed by atoms with Gasteiger partial charge in [0.05, 0.1) is 32.9 Å². The van der Waals surface area contributed by atoms with Crippen LogP contribution in [0.3, 0.4) is 0 Å². The number of nitrogens with zero attached hydrogens (tertiary/aromatic N) is 3. The summed E-state index contributed by atoms with van der Waals surface area (Å²) in [6.07, 6.45) is 3.31. The molecule has 1 heterocycles. The SMILES string of the molecule is O=C(Nc1ccccc1N1CCCCC1)c1cc([N+](=O)[O-])cc([N+](=O)[O-])c1. The van der Waals surface area contributed by atoms with E-state index in [2.05, 4.69) is 10.2 Å². The van der Waals surface area contributed by atoms with Gasteiger partial charge in [0.2, 0.25) is 0 Å². The molecule has 1 N–H and O–H groups in total. The minimum Gasteiger partial charge on any atom is -0.370 e. The van der Waals surface area contributed by atoms with Crippen molar-refractivity contribution in [1.29, 1.82) is 0 Å². The number of hydrogen-bond acceptors (Lipinski definition) is 6. The first-order chi connectivity index (χ1) is 13.0. The maximum Gasteiger partial charge on any atom is 0.277 e. The van der Waals surface area contributed by atoms with Gasteiger partial charge in [-0.15, -0.1) is 0 Å². The van der Waals surface area contributed by atoms with Crippen LogP contribution in [0.4, 0.5) is 22.7 Å². The molecule has 1 fully saturated rings. The number of non-ortho nitro benzene ring substituents is 2. The molecule has 2 aromatic carbocycles. The van der Waals surface area contributed by atoms with Crippen LogP contribution in [0.25, 0.3) is 0 Å². The van der Waals surface area contributed by atoms with E-state index in [0.29, 0.717) is 5.69 Å². The van der Waals surface area contributed by atoms with E-state index in [9.17, 15) is 25.0 Å². The molecule has 1 aliphatic rings. The first-order valence-corrected chi connectivity index (χ1v) is 8.55. The van der Waals surface area contributed by atoms with Crippen molar-refractivity contribution in [1.82, 2.24) is 0 Å². The number of nitro benzene ring substituents is 2. The fourth-order valence-corrected chi connectivity index (χ4v) is 3.12. The number of nitrogens with one attached hydrogen (secondary N) is 1. The van der Waals surface area contributed by atoms with E-state index in [1.54, 1.807) is 12.1 Å². The molecule has 1 aliphatic heterocycles. The van der Waals surface area contributed by atoms with Crippen LogP contribution in [0.1, 0.15) is 29.6 Å². The van der Waals surface area contributed by atoms with Crippen molar-refractivity contribution < 1.29 is 14.6 Å². The number of rotatable bonds is 5. The number of nitro groups is 2. The third-order valence-electron chi connectivity index (χ3n) is 4.44. The second kappa shape index (κ2) is 7.81. The average molecular weight is 370 g/mol. The molecule has 1 amide bonds. The third kappa shape index (κ3) is 4.20. The summed E-state index contributed by atoms with van der Waals surface area (Å²) in [5, 5.41) is 24.8. The summed E-state index contributed by atoms with van der Waals surface area (Å²) < 4.78 is 0. The molecule has 9 heteroatoms. The van der Waals surface area contributed by atoms with E-state index in [1.807, 2.05) is 12.1 Å². The highest BCUT2D eigenvalue weighted by molar-refractivity contribution is 6.06. The van der Waals surface area contributed by atoms with E-state index in [-0.39, 0.29) is 5.56 Å². The van der Waals surface area contributed by atoms with Gasteiger partial charge in [0.1, 0.15) is 0 Å². The molecule has 0 bridgehead atoms. The first-order valence-electron chi connectivity index (χ1n) is 8.55. The van der Waals surface area contributed by atoms with Crippen molar-refractivity contribution in [2.75, 3.05) is 23.3 Å². The van der Waals surface area contributed by atoms with E-state index < -0.39 is 27.1 Å². The van der Waals surface area contributed by atoms with Gasteiger partial charge in [-0.25, -0.2) is 0 Å². The summed E-state index contributed by atoms with van der Waals surface area (Å²) >= 11 is 0. The first kappa shape index (κ1) is 18.3. The van der Waals surface area contributed by atoms with E-state index in [4.69, 9.17) is 0 Å². The van der Waals surface area contributed by atoms with Crippen molar-refractivity contribution in [3.63, 3.8) is 0 Å². The minimum absolute atomic E-state index is 0.135. The number of amides is 1. The number of hydrogen-bond donors (Lipinski definition) is 1. The minimum atomic E-state index is -0.758. The van der Waals surface area contributed by atoms with Gasteiger partial charge in [-0.05, 0) is 31.4 Å². The molecule has 0 aliphatic carbocycles. The molecule has 0 spiro atoms. The van der Waals surface area contributed by atoms with Crippen molar-refractivity contribution in [3.05, 3.63) is 68.3 Å². The summed E-state index contributed by atoms with van der Waals surface area (Å²) in [7, 11) is 0. The average Bonchev–Trinajstić information content (AvgIpc) is 2.68. The zero-order chi connectivity index (χ0) is 19.4. The molecule has 2 aromatic rings. The van der Waals surface area contributed by atoms with Gasteiger partial charge in [-0.2, -0.15) is 0 Å². The molecule has 27 heavy (non-hydrogen) atoms. The molecular formula is C18H18N4O5. The molecule has 0 unspecified atom stereocenters. The number of carbonyl (C=O) groups excluding carboxylic acids is 1. The second-order valence-electron chi connectivity index (χ2n) is 6.27. The Balaban J connectivity index is 1.90. The standard InChI is InChI=1S/C18H18N4O5/c23-18(13-10-14(21(24)25)12-15(11-13)22(26)27)19-16-6-2-3-7-17(16)20-8-4-1-5-9-20/h2-3,6-7,10-12H,1,4-5,8-9H2,(H,19,23). The molecule has 3 rings (SSSR count). The van der Waals surface area contributed by atoms with E-state index in [1.165, 1.54) is 6.42 Å². The van der Waals surface area contributed by atoms with Crippen molar-refractivity contribution in [3.8, 4) is 0 Å². The molecule has 9 nitrogen and oxygen atoms in total. The largest absolute Gasteiger partial charge is 0.370 e. The fourth-order valence-electron chi connectivity index (χ4n) is 3.12. The summed E-state index contributed by atoms with van der Waals surface area (Å²) in [5.74, 6) is -0.633. The Hall–Kier alpha value is -3.49. The van der Waals surface area contributed by atoms with Crippen LogP contribution >= 0.6 is 0 Å². The molecule has 0 aromatic heterocycles. The second-order valence-corrected chi connectivity index (χ2v) is 6.27. The number of para-hydroxylation sites is 2. The quantitative estimate of drug-likeness (QED) is 0.632.